The summed E-state index contributed by atoms with van der Waals surface area (Å²) in [6.07, 6.45) is 20.1. The van der Waals surface area contributed by atoms with Crippen LogP contribution in [0.3, 0.4) is 0 Å². The SMILES string of the molecule is CC(C)CC(/C=C\CCC1=CC=CCC1)=C/C=N. The van der Waals surface area contributed by atoms with Gasteiger partial charge in [0.2, 0.25) is 0 Å². The fourth-order valence-electron chi connectivity index (χ4n) is 2.13. The zero-order valence-electron chi connectivity index (χ0n) is 11.7. The molecular formula is C17H25N. The lowest BCUT2D eigenvalue weighted by atomic mass is 9.99. The van der Waals surface area contributed by atoms with Crippen molar-refractivity contribution in [3.63, 3.8) is 0 Å². The summed E-state index contributed by atoms with van der Waals surface area (Å²) in [5.41, 5.74) is 2.82. The van der Waals surface area contributed by atoms with Crippen molar-refractivity contribution in [3.05, 3.63) is 47.6 Å². The molecule has 1 rings (SSSR count). The van der Waals surface area contributed by atoms with E-state index in [2.05, 4.69) is 44.2 Å². The molecule has 0 heterocycles. The molecule has 1 nitrogen and oxygen atoms in total. The van der Waals surface area contributed by atoms with Gasteiger partial charge in [-0.2, -0.15) is 0 Å². The molecule has 0 aromatic rings. The first-order valence-corrected chi connectivity index (χ1v) is 6.93. The summed E-state index contributed by atoms with van der Waals surface area (Å²) in [7, 11) is 0. The summed E-state index contributed by atoms with van der Waals surface area (Å²) in [6, 6.07) is 0. The maximum absolute atomic E-state index is 7.17. The van der Waals surface area contributed by atoms with Crippen LogP contribution < -0.4 is 0 Å². The van der Waals surface area contributed by atoms with E-state index in [4.69, 9.17) is 5.41 Å². The average molecular weight is 243 g/mol. The van der Waals surface area contributed by atoms with Crippen molar-refractivity contribution in [2.75, 3.05) is 0 Å². The van der Waals surface area contributed by atoms with E-state index in [1.807, 2.05) is 6.08 Å². The molecule has 1 aliphatic carbocycles. The third-order valence-corrected chi connectivity index (χ3v) is 3.01. The number of hydrogen-bond acceptors (Lipinski definition) is 1. The molecule has 0 bridgehead atoms. The largest absolute Gasteiger partial charge is 0.309 e. The van der Waals surface area contributed by atoms with Crippen molar-refractivity contribution in [1.29, 1.82) is 5.41 Å². The predicted octanol–water partition coefficient (Wildman–Crippen LogP) is 5.22. The Labute approximate surface area is 111 Å². The van der Waals surface area contributed by atoms with Crippen LogP contribution >= 0.6 is 0 Å². The van der Waals surface area contributed by atoms with E-state index in [9.17, 15) is 0 Å². The zero-order chi connectivity index (χ0) is 13.2. The van der Waals surface area contributed by atoms with Gasteiger partial charge in [-0.3, -0.25) is 0 Å². The lowest BCUT2D eigenvalue weighted by molar-refractivity contribution is 0.650. The third kappa shape index (κ3) is 6.39. The van der Waals surface area contributed by atoms with E-state index in [1.54, 1.807) is 5.57 Å². The van der Waals surface area contributed by atoms with Gasteiger partial charge in [0.1, 0.15) is 0 Å². The van der Waals surface area contributed by atoms with Crippen LogP contribution in [0, 0.1) is 11.3 Å². The van der Waals surface area contributed by atoms with E-state index < -0.39 is 0 Å². The summed E-state index contributed by atoms with van der Waals surface area (Å²) >= 11 is 0. The smallest absolute Gasteiger partial charge is 0.0180 e. The molecule has 98 valence electrons. The van der Waals surface area contributed by atoms with Crippen LogP contribution in [0.1, 0.15) is 46.0 Å². The highest BCUT2D eigenvalue weighted by molar-refractivity contribution is 5.69. The minimum Gasteiger partial charge on any atom is -0.309 e. The minimum absolute atomic E-state index is 0.645. The number of rotatable bonds is 7. The first-order chi connectivity index (χ1) is 8.72. The second kappa shape index (κ2) is 8.68. The van der Waals surface area contributed by atoms with E-state index in [-0.39, 0.29) is 0 Å². The van der Waals surface area contributed by atoms with Crippen molar-refractivity contribution in [1.82, 2.24) is 0 Å². The molecule has 0 aliphatic heterocycles. The molecule has 0 fully saturated rings. The Bertz CT molecular complexity index is 367. The maximum Gasteiger partial charge on any atom is 0.0180 e. The monoisotopic (exact) mass is 243 g/mol. The molecule has 0 saturated heterocycles. The van der Waals surface area contributed by atoms with Gasteiger partial charge in [0.15, 0.2) is 0 Å². The van der Waals surface area contributed by atoms with Crippen LogP contribution in [-0.4, -0.2) is 6.21 Å². The van der Waals surface area contributed by atoms with Gasteiger partial charge in [0.25, 0.3) is 0 Å². The highest BCUT2D eigenvalue weighted by Crippen LogP contribution is 2.18. The van der Waals surface area contributed by atoms with Crippen molar-refractivity contribution in [2.24, 2.45) is 5.92 Å². The highest BCUT2D eigenvalue weighted by Gasteiger charge is 1.99. The van der Waals surface area contributed by atoms with Gasteiger partial charge in [-0.1, -0.05) is 49.8 Å². The first kappa shape index (κ1) is 14.7. The van der Waals surface area contributed by atoms with Gasteiger partial charge in [-0.25, -0.2) is 0 Å². The summed E-state index contributed by atoms with van der Waals surface area (Å²) < 4.78 is 0. The topological polar surface area (TPSA) is 23.9 Å². The molecule has 0 aromatic heterocycles. The third-order valence-electron chi connectivity index (χ3n) is 3.01. The van der Waals surface area contributed by atoms with E-state index in [0.717, 1.165) is 12.8 Å². The number of hydrogen-bond donors (Lipinski definition) is 1. The summed E-state index contributed by atoms with van der Waals surface area (Å²) in [5.74, 6) is 0.645. The molecular weight excluding hydrogens is 218 g/mol. The van der Waals surface area contributed by atoms with Crippen molar-refractivity contribution < 1.29 is 0 Å². The summed E-state index contributed by atoms with van der Waals surface area (Å²) in [5, 5.41) is 7.17. The number of nitrogens with one attached hydrogen (secondary N) is 1. The maximum atomic E-state index is 7.17. The molecule has 0 radical (unpaired) electrons. The summed E-state index contributed by atoms with van der Waals surface area (Å²) in [6.45, 7) is 4.43. The standard InChI is InChI=1S/C17H25N/c1-15(2)14-17(12-13-18)11-7-6-10-16-8-4-3-5-9-16/h3-4,7-8,11-13,15,18H,5-6,9-10,14H2,1-2H3/b11-7-,17-12+,18-13?. The van der Waals surface area contributed by atoms with Gasteiger partial charge in [-0.05, 0) is 49.7 Å². The van der Waals surface area contributed by atoms with Crippen LogP contribution in [0.25, 0.3) is 0 Å². The Morgan fingerprint density at radius 3 is 2.89 bits per heavy atom. The molecule has 0 spiro atoms. The van der Waals surface area contributed by atoms with E-state index in [1.165, 1.54) is 31.1 Å². The average Bonchev–Trinajstić information content (AvgIpc) is 2.35. The molecule has 0 saturated carbocycles. The van der Waals surface area contributed by atoms with Gasteiger partial charge in [-0.15, -0.1) is 0 Å². The van der Waals surface area contributed by atoms with Crippen molar-refractivity contribution in [2.45, 2.75) is 46.0 Å². The van der Waals surface area contributed by atoms with Crippen LogP contribution in [-0.2, 0) is 0 Å². The van der Waals surface area contributed by atoms with E-state index in [0.29, 0.717) is 5.92 Å². The molecule has 18 heavy (non-hydrogen) atoms. The Balaban J connectivity index is 2.37. The van der Waals surface area contributed by atoms with Crippen LogP contribution in [0.5, 0.6) is 0 Å². The quantitative estimate of drug-likeness (QED) is 0.468. The van der Waals surface area contributed by atoms with Crippen LogP contribution in [0.2, 0.25) is 0 Å². The fraction of sp³-hybridized carbons (Fsp3) is 0.471. The molecule has 1 heteroatoms. The minimum atomic E-state index is 0.645. The van der Waals surface area contributed by atoms with Crippen LogP contribution in [0.4, 0.5) is 0 Å². The van der Waals surface area contributed by atoms with Gasteiger partial charge in [0.05, 0.1) is 0 Å². The predicted molar refractivity (Wildman–Crippen MR) is 81.2 cm³/mol. The van der Waals surface area contributed by atoms with Crippen molar-refractivity contribution >= 4 is 6.21 Å². The molecule has 0 unspecified atom stereocenters. The Hall–Kier alpha value is -1.37. The highest BCUT2D eigenvalue weighted by atomic mass is 14.3. The lowest BCUT2D eigenvalue weighted by Crippen LogP contribution is -1.90. The van der Waals surface area contributed by atoms with E-state index >= 15 is 0 Å². The Morgan fingerprint density at radius 1 is 1.44 bits per heavy atom. The molecule has 0 atom stereocenters. The Kier molecular flexibility index (Phi) is 7.09. The lowest BCUT2D eigenvalue weighted by Gasteiger charge is -2.07. The second-order valence-electron chi connectivity index (χ2n) is 5.24. The normalized spacial score (nSPS) is 16.4. The first-order valence-electron chi connectivity index (χ1n) is 6.93. The van der Waals surface area contributed by atoms with Gasteiger partial charge in [0, 0.05) is 6.21 Å². The second-order valence-corrected chi connectivity index (χ2v) is 5.24. The molecule has 0 amide bonds. The number of allylic oxidation sites excluding steroid dienone is 8. The van der Waals surface area contributed by atoms with Gasteiger partial charge < -0.3 is 5.41 Å². The fourth-order valence-corrected chi connectivity index (χ4v) is 2.13. The van der Waals surface area contributed by atoms with Gasteiger partial charge >= 0.3 is 0 Å². The Morgan fingerprint density at radius 2 is 2.28 bits per heavy atom. The molecule has 1 aliphatic rings. The van der Waals surface area contributed by atoms with Crippen molar-refractivity contribution in [3.8, 4) is 0 Å². The molecule has 0 aromatic carbocycles. The molecule has 1 N–H and O–H groups in total. The summed E-state index contributed by atoms with van der Waals surface area (Å²) in [4.78, 5) is 0. The zero-order valence-corrected chi connectivity index (χ0v) is 11.7. The van der Waals surface area contributed by atoms with Crippen LogP contribution in [0.15, 0.2) is 47.6 Å².